The van der Waals surface area contributed by atoms with E-state index in [4.69, 9.17) is 0 Å². The first kappa shape index (κ1) is 12.4. The number of hydrogen-bond acceptors (Lipinski definition) is 3. The van der Waals surface area contributed by atoms with Gasteiger partial charge in [-0.3, -0.25) is 4.99 Å². The van der Waals surface area contributed by atoms with E-state index in [1.165, 1.54) is 16.1 Å². The number of thioether (sulfide) groups is 1. The number of rotatable bonds is 2. The van der Waals surface area contributed by atoms with E-state index < -0.39 is 0 Å². The molecule has 0 spiro atoms. The van der Waals surface area contributed by atoms with Gasteiger partial charge in [-0.05, 0) is 30.9 Å². The van der Waals surface area contributed by atoms with Crippen molar-refractivity contribution in [1.82, 2.24) is 0 Å². The first-order chi connectivity index (χ1) is 6.81. The number of aliphatic imine (C=N–C) groups is 1. The van der Waals surface area contributed by atoms with Gasteiger partial charge in [-0.2, -0.15) is 0 Å². The minimum absolute atomic E-state index is 0. The molecule has 0 bridgehead atoms. The maximum atomic E-state index is 4.23. The van der Waals surface area contributed by atoms with Gasteiger partial charge >= 0.3 is 0 Å². The van der Waals surface area contributed by atoms with Crippen molar-refractivity contribution in [3.63, 3.8) is 0 Å². The van der Waals surface area contributed by atoms with Crippen LogP contribution in [0.5, 0.6) is 0 Å². The van der Waals surface area contributed by atoms with Gasteiger partial charge < -0.3 is 4.90 Å². The van der Waals surface area contributed by atoms with Crippen LogP contribution < -0.4 is 4.90 Å². The van der Waals surface area contributed by atoms with Gasteiger partial charge in [-0.1, -0.05) is 6.07 Å². The molecule has 0 atom stereocenters. The van der Waals surface area contributed by atoms with Crippen LogP contribution in [0.4, 0.5) is 5.69 Å². The maximum absolute atomic E-state index is 4.23. The first-order valence-electron chi connectivity index (χ1n) is 4.72. The van der Waals surface area contributed by atoms with E-state index in [2.05, 4.69) is 41.3 Å². The third-order valence-corrected chi connectivity index (χ3v) is 3.10. The second-order valence-electron chi connectivity index (χ2n) is 3.39. The molecule has 0 fully saturated rings. The number of aryl methyl sites for hydroxylation is 1. The fourth-order valence-corrected chi connectivity index (χ4v) is 2.28. The number of hydrogen-bond donors (Lipinski definition) is 0. The van der Waals surface area contributed by atoms with Crippen molar-refractivity contribution in [3.05, 3.63) is 23.8 Å². The molecule has 2 rings (SSSR count). The monoisotopic (exact) mass is 242 g/mol. The molecule has 4 heteroatoms. The first-order valence-corrected chi connectivity index (χ1v) is 5.95. The molecule has 2 nitrogen and oxygen atoms in total. The summed E-state index contributed by atoms with van der Waals surface area (Å²) in [6, 6.07) is 6.56. The Morgan fingerprint density at radius 1 is 1.40 bits per heavy atom. The zero-order valence-corrected chi connectivity index (χ0v) is 10.6. The van der Waals surface area contributed by atoms with Gasteiger partial charge in [0, 0.05) is 11.4 Å². The van der Waals surface area contributed by atoms with Crippen molar-refractivity contribution in [2.24, 2.45) is 4.99 Å². The summed E-state index contributed by atoms with van der Waals surface area (Å²) in [4.78, 5) is 7.78. The summed E-state index contributed by atoms with van der Waals surface area (Å²) >= 11 is 1.79. The Morgan fingerprint density at radius 2 is 2.20 bits per heavy atom. The largest absolute Gasteiger partial charge is 0.330 e. The molecule has 1 aromatic carbocycles. The molecule has 0 radical (unpaired) electrons. The molecular weight excluding hydrogens is 228 g/mol. The standard InChI is InChI=1S/C11H14N2S.ClH/c1-9-3-4-10(11(7-9)14-2)13-6-5-12-8-13;/h3-4,7-8H,5-6H2,1-2H3;1H. The Morgan fingerprint density at radius 3 is 2.80 bits per heavy atom. The van der Waals surface area contributed by atoms with Crippen LogP contribution in [-0.4, -0.2) is 25.7 Å². The molecule has 0 aromatic heterocycles. The summed E-state index contributed by atoms with van der Waals surface area (Å²) < 4.78 is 0. The van der Waals surface area contributed by atoms with E-state index in [0.29, 0.717) is 0 Å². The molecule has 0 saturated heterocycles. The number of nitrogens with zero attached hydrogens (tertiary/aromatic N) is 2. The highest BCUT2D eigenvalue weighted by atomic mass is 35.5. The smallest absolute Gasteiger partial charge is 0.0896 e. The van der Waals surface area contributed by atoms with Crippen LogP contribution in [0.25, 0.3) is 0 Å². The summed E-state index contributed by atoms with van der Waals surface area (Å²) in [5, 5.41) is 0. The van der Waals surface area contributed by atoms with E-state index in [1.807, 2.05) is 6.34 Å². The van der Waals surface area contributed by atoms with Gasteiger partial charge in [0.25, 0.3) is 0 Å². The van der Waals surface area contributed by atoms with Crippen LogP contribution in [0.15, 0.2) is 28.1 Å². The van der Waals surface area contributed by atoms with Gasteiger partial charge in [0.15, 0.2) is 0 Å². The Hall–Kier alpha value is -0.670. The highest BCUT2D eigenvalue weighted by Crippen LogP contribution is 2.29. The Balaban J connectivity index is 0.00000112. The quantitative estimate of drug-likeness (QED) is 0.741. The van der Waals surface area contributed by atoms with Gasteiger partial charge in [0.05, 0.1) is 18.6 Å². The lowest BCUT2D eigenvalue weighted by atomic mass is 10.2. The Bertz CT molecular complexity index is 366. The molecule has 0 aliphatic carbocycles. The maximum Gasteiger partial charge on any atom is 0.0896 e. The summed E-state index contributed by atoms with van der Waals surface area (Å²) in [6.45, 7) is 4.06. The lowest BCUT2D eigenvalue weighted by Gasteiger charge is -2.17. The number of benzene rings is 1. The molecule has 0 unspecified atom stereocenters. The lowest BCUT2D eigenvalue weighted by molar-refractivity contribution is 1.01. The predicted molar refractivity (Wildman–Crippen MR) is 70.9 cm³/mol. The van der Waals surface area contributed by atoms with Crippen molar-refractivity contribution >= 4 is 36.2 Å². The third kappa shape index (κ3) is 2.67. The van der Waals surface area contributed by atoms with Gasteiger partial charge in [-0.15, -0.1) is 24.2 Å². The summed E-state index contributed by atoms with van der Waals surface area (Å²) in [6.07, 6.45) is 4.05. The van der Waals surface area contributed by atoms with Crippen molar-refractivity contribution in [3.8, 4) is 0 Å². The fourth-order valence-electron chi connectivity index (χ4n) is 1.58. The number of anilines is 1. The molecule has 0 saturated carbocycles. The SMILES string of the molecule is CSc1cc(C)ccc1N1C=NCC1.Cl. The summed E-state index contributed by atoms with van der Waals surface area (Å²) in [5.41, 5.74) is 2.60. The van der Waals surface area contributed by atoms with Crippen LogP contribution >= 0.6 is 24.2 Å². The second-order valence-corrected chi connectivity index (χ2v) is 4.24. The summed E-state index contributed by atoms with van der Waals surface area (Å²) in [7, 11) is 0. The molecule has 0 N–H and O–H groups in total. The van der Waals surface area contributed by atoms with Gasteiger partial charge in [0.2, 0.25) is 0 Å². The van der Waals surface area contributed by atoms with Gasteiger partial charge in [0.1, 0.15) is 0 Å². The Labute approximate surface area is 101 Å². The van der Waals surface area contributed by atoms with E-state index in [9.17, 15) is 0 Å². The highest BCUT2D eigenvalue weighted by Gasteiger charge is 2.11. The highest BCUT2D eigenvalue weighted by molar-refractivity contribution is 7.98. The molecule has 1 aromatic rings. The van der Waals surface area contributed by atoms with E-state index >= 15 is 0 Å². The molecule has 0 amide bonds. The van der Waals surface area contributed by atoms with Crippen LogP contribution in [0.1, 0.15) is 5.56 Å². The molecule has 15 heavy (non-hydrogen) atoms. The van der Waals surface area contributed by atoms with Crippen molar-refractivity contribution < 1.29 is 0 Å². The average Bonchev–Trinajstić information content (AvgIpc) is 2.70. The topological polar surface area (TPSA) is 15.6 Å². The second kappa shape index (κ2) is 5.42. The van der Waals surface area contributed by atoms with Crippen LogP contribution in [0.3, 0.4) is 0 Å². The minimum Gasteiger partial charge on any atom is -0.330 e. The number of halogens is 1. The fraction of sp³-hybridized carbons (Fsp3) is 0.364. The van der Waals surface area contributed by atoms with E-state index in [-0.39, 0.29) is 12.4 Å². The third-order valence-electron chi connectivity index (χ3n) is 2.34. The molecular formula is C11H15ClN2S. The lowest BCUT2D eigenvalue weighted by Crippen LogP contribution is -2.18. The van der Waals surface area contributed by atoms with Crippen molar-refractivity contribution in [1.29, 1.82) is 0 Å². The molecule has 82 valence electrons. The van der Waals surface area contributed by atoms with Crippen LogP contribution in [0, 0.1) is 6.92 Å². The zero-order chi connectivity index (χ0) is 9.97. The summed E-state index contributed by atoms with van der Waals surface area (Å²) in [5.74, 6) is 0. The Kier molecular flexibility index (Phi) is 4.48. The average molecular weight is 243 g/mol. The molecule has 1 aliphatic rings. The van der Waals surface area contributed by atoms with Crippen molar-refractivity contribution in [2.75, 3.05) is 24.2 Å². The van der Waals surface area contributed by atoms with Gasteiger partial charge in [-0.25, -0.2) is 0 Å². The molecule has 1 heterocycles. The normalized spacial score (nSPS) is 14.1. The molecule has 1 aliphatic heterocycles. The predicted octanol–water partition coefficient (Wildman–Crippen LogP) is 2.99. The van der Waals surface area contributed by atoms with E-state index in [1.54, 1.807) is 11.8 Å². The van der Waals surface area contributed by atoms with Crippen LogP contribution in [-0.2, 0) is 0 Å². The van der Waals surface area contributed by atoms with E-state index in [0.717, 1.165) is 13.1 Å². The van der Waals surface area contributed by atoms with Crippen LogP contribution in [0.2, 0.25) is 0 Å². The minimum atomic E-state index is 0. The van der Waals surface area contributed by atoms with Crippen molar-refractivity contribution in [2.45, 2.75) is 11.8 Å². The zero-order valence-electron chi connectivity index (χ0n) is 8.93.